The fraction of sp³-hybridized carbons (Fsp3) is 0.293. The Bertz CT molecular complexity index is 1770. The zero-order valence-corrected chi connectivity index (χ0v) is 27.8. The molecule has 0 radical (unpaired) electrons. The van der Waals surface area contributed by atoms with Crippen molar-refractivity contribution < 1.29 is 14.3 Å². The Morgan fingerprint density at radius 3 is 1.77 bits per heavy atom. The lowest BCUT2D eigenvalue weighted by Gasteiger charge is -2.12. The molecule has 246 valence electrons. The van der Waals surface area contributed by atoms with Crippen molar-refractivity contribution in [3.8, 4) is 11.5 Å². The number of carbonyl (C=O) groups is 1. The minimum Gasteiger partial charge on any atom is -0.494 e. The van der Waals surface area contributed by atoms with Crippen molar-refractivity contribution in [2.75, 3.05) is 6.61 Å². The zero-order valence-electron chi connectivity index (χ0n) is 27.8. The molecule has 0 N–H and O–H groups in total. The van der Waals surface area contributed by atoms with Gasteiger partial charge in [-0.25, -0.2) is 4.79 Å². The summed E-state index contributed by atoms with van der Waals surface area (Å²) in [4.78, 5) is 13.0. The number of hydrogen-bond acceptors (Lipinski definition) is 7. The first-order valence-electron chi connectivity index (χ1n) is 17.1. The molecule has 7 heteroatoms. The van der Waals surface area contributed by atoms with Crippen LogP contribution in [0.4, 0.5) is 22.7 Å². The number of benzene rings is 5. The maximum Gasteiger partial charge on any atom is 0.343 e. The van der Waals surface area contributed by atoms with Gasteiger partial charge in [-0.15, -0.1) is 5.11 Å². The molecule has 0 heterocycles. The van der Waals surface area contributed by atoms with Crippen LogP contribution in [0.5, 0.6) is 11.5 Å². The Morgan fingerprint density at radius 1 is 0.562 bits per heavy atom. The summed E-state index contributed by atoms with van der Waals surface area (Å²) in [6, 6.07) is 35.4. The fourth-order valence-corrected chi connectivity index (χ4v) is 5.36. The molecule has 0 saturated heterocycles. The van der Waals surface area contributed by atoms with Crippen LogP contribution in [-0.2, 0) is 0 Å². The summed E-state index contributed by atoms with van der Waals surface area (Å²) in [5.41, 5.74) is 3.03. The van der Waals surface area contributed by atoms with Gasteiger partial charge in [0.2, 0.25) is 0 Å². The Balaban J connectivity index is 1.25. The third-order valence-corrected chi connectivity index (χ3v) is 8.06. The summed E-state index contributed by atoms with van der Waals surface area (Å²) in [7, 11) is 0. The predicted octanol–water partition coefficient (Wildman–Crippen LogP) is 13.2. The second-order valence-corrected chi connectivity index (χ2v) is 11.8. The standard InChI is InChI=1S/C41H44N4O3/c1-2-3-4-5-6-7-8-9-10-17-30-47-37-27-28-38-33(31-37)22-29-39(48-41(46)32-18-13-11-14-19-32)40(38)45-44-36-25-23-35(24-26-36)43-42-34-20-15-12-16-21-34/h11-16,18-29,31H,2-10,17,30H2,1H3. The molecule has 0 fully saturated rings. The lowest BCUT2D eigenvalue weighted by Crippen LogP contribution is -2.08. The van der Waals surface area contributed by atoms with Crippen LogP contribution >= 0.6 is 0 Å². The molecule has 0 bridgehead atoms. The molecule has 0 saturated carbocycles. The monoisotopic (exact) mass is 640 g/mol. The fourth-order valence-electron chi connectivity index (χ4n) is 5.36. The number of carbonyl (C=O) groups excluding carboxylic acids is 1. The highest BCUT2D eigenvalue weighted by atomic mass is 16.5. The van der Waals surface area contributed by atoms with Crippen molar-refractivity contribution in [3.63, 3.8) is 0 Å². The van der Waals surface area contributed by atoms with Crippen molar-refractivity contribution in [3.05, 3.63) is 121 Å². The van der Waals surface area contributed by atoms with Gasteiger partial charge >= 0.3 is 5.97 Å². The molecule has 0 aromatic heterocycles. The van der Waals surface area contributed by atoms with E-state index in [-0.39, 0.29) is 0 Å². The minimum atomic E-state index is -0.462. The van der Waals surface area contributed by atoms with Gasteiger partial charge in [0.05, 0.1) is 29.2 Å². The number of rotatable bonds is 18. The first-order chi connectivity index (χ1) is 23.7. The van der Waals surface area contributed by atoms with Crippen molar-refractivity contribution in [2.45, 2.75) is 71.1 Å². The first kappa shape index (κ1) is 34.2. The maximum atomic E-state index is 13.0. The molecule has 5 rings (SSSR count). The van der Waals surface area contributed by atoms with Gasteiger partial charge in [-0.3, -0.25) is 0 Å². The van der Waals surface area contributed by atoms with Crippen molar-refractivity contribution in [1.82, 2.24) is 0 Å². The molecule has 48 heavy (non-hydrogen) atoms. The van der Waals surface area contributed by atoms with Gasteiger partial charge in [0.15, 0.2) is 5.75 Å². The van der Waals surface area contributed by atoms with E-state index in [0.717, 1.165) is 28.6 Å². The van der Waals surface area contributed by atoms with Crippen molar-refractivity contribution >= 4 is 39.5 Å². The number of ether oxygens (including phenoxy) is 2. The average molecular weight is 641 g/mol. The van der Waals surface area contributed by atoms with E-state index in [0.29, 0.717) is 35.0 Å². The van der Waals surface area contributed by atoms with E-state index in [2.05, 4.69) is 27.4 Å². The Hall–Kier alpha value is -5.17. The molecule has 0 aliphatic rings. The van der Waals surface area contributed by atoms with Gasteiger partial charge in [-0.2, -0.15) is 15.3 Å². The highest BCUT2D eigenvalue weighted by molar-refractivity contribution is 5.98. The second kappa shape index (κ2) is 18.8. The van der Waals surface area contributed by atoms with Gasteiger partial charge in [0, 0.05) is 5.39 Å². The van der Waals surface area contributed by atoms with Crippen LogP contribution in [0.3, 0.4) is 0 Å². The van der Waals surface area contributed by atoms with Crippen LogP contribution in [0.1, 0.15) is 81.5 Å². The number of esters is 1. The largest absolute Gasteiger partial charge is 0.494 e. The quantitative estimate of drug-likeness (QED) is 0.0413. The van der Waals surface area contributed by atoms with Gasteiger partial charge in [-0.1, -0.05) is 107 Å². The molecule has 0 aliphatic carbocycles. The average Bonchev–Trinajstić information content (AvgIpc) is 3.13. The van der Waals surface area contributed by atoms with Crippen LogP contribution in [0.25, 0.3) is 10.8 Å². The third kappa shape index (κ3) is 10.7. The minimum absolute atomic E-state index is 0.326. The normalized spacial score (nSPS) is 11.4. The van der Waals surface area contributed by atoms with E-state index in [1.54, 1.807) is 30.3 Å². The smallest absolute Gasteiger partial charge is 0.343 e. The topological polar surface area (TPSA) is 85.0 Å². The summed E-state index contributed by atoms with van der Waals surface area (Å²) in [6.07, 6.45) is 12.9. The molecule has 0 amide bonds. The molecule has 0 unspecified atom stereocenters. The molecule has 7 nitrogen and oxygen atoms in total. The lowest BCUT2D eigenvalue weighted by atomic mass is 10.1. The number of hydrogen-bond donors (Lipinski definition) is 0. The zero-order chi connectivity index (χ0) is 33.2. The van der Waals surface area contributed by atoms with Crippen molar-refractivity contribution in [1.29, 1.82) is 0 Å². The summed E-state index contributed by atoms with van der Waals surface area (Å²) in [5.74, 6) is 0.666. The number of azo groups is 2. The van der Waals surface area contributed by atoms with Crippen LogP contribution in [0, 0.1) is 0 Å². The van der Waals surface area contributed by atoms with E-state index in [9.17, 15) is 4.79 Å². The Kier molecular flexibility index (Phi) is 13.4. The van der Waals surface area contributed by atoms with E-state index >= 15 is 0 Å². The highest BCUT2D eigenvalue weighted by Crippen LogP contribution is 2.39. The molecule has 5 aromatic carbocycles. The summed E-state index contributed by atoms with van der Waals surface area (Å²) in [6.45, 7) is 2.94. The summed E-state index contributed by atoms with van der Waals surface area (Å²) >= 11 is 0. The molecular weight excluding hydrogens is 596 g/mol. The first-order valence-corrected chi connectivity index (χ1v) is 17.1. The second-order valence-electron chi connectivity index (χ2n) is 11.8. The van der Waals surface area contributed by atoms with Crippen LogP contribution in [0.2, 0.25) is 0 Å². The van der Waals surface area contributed by atoms with Crippen LogP contribution in [-0.4, -0.2) is 12.6 Å². The third-order valence-electron chi connectivity index (χ3n) is 8.06. The van der Waals surface area contributed by atoms with E-state index < -0.39 is 5.97 Å². The molecular formula is C41H44N4O3. The lowest BCUT2D eigenvalue weighted by molar-refractivity contribution is 0.0735. The van der Waals surface area contributed by atoms with E-state index in [1.165, 1.54) is 57.8 Å². The van der Waals surface area contributed by atoms with E-state index in [1.807, 2.05) is 84.9 Å². The van der Waals surface area contributed by atoms with Gasteiger partial charge < -0.3 is 9.47 Å². The number of nitrogens with zero attached hydrogens (tertiary/aromatic N) is 4. The SMILES string of the molecule is CCCCCCCCCCCCOc1ccc2c(N=Nc3ccc(N=Nc4ccccc4)cc3)c(OC(=O)c3ccccc3)ccc2c1. The molecule has 0 atom stereocenters. The predicted molar refractivity (Wildman–Crippen MR) is 194 cm³/mol. The maximum absolute atomic E-state index is 13.0. The van der Waals surface area contributed by atoms with Gasteiger partial charge in [0.1, 0.15) is 11.4 Å². The van der Waals surface area contributed by atoms with E-state index in [4.69, 9.17) is 9.47 Å². The van der Waals surface area contributed by atoms with Crippen molar-refractivity contribution in [2.24, 2.45) is 20.5 Å². The Labute approximate surface area is 283 Å². The Morgan fingerprint density at radius 2 is 1.12 bits per heavy atom. The van der Waals surface area contributed by atoms with Gasteiger partial charge in [-0.05, 0) is 84.6 Å². The summed E-state index contributed by atoms with van der Waals surface area (Å²) in [5, 5.41) is 19.4. The van der Waals surface area contributed by atoms with Crippen LogP contribution < -0.4 is 9.47 Å². The number of unbranched alkanes of at least 4 members (excludes halogenated alkanes) is 9. The number of fused-ring (bicyclic) bond motifs is 1. The highest BCUT2D eigenvalue weighted by Gasteiger charge is 2.15. The van der Waals surface area contributed by atoms with Gasteiger partial charge in [0.25, 0.3) is 0 Å². The summed E-state index contributed by atoms with van der Waals surface area (Å²) < 4.78 is 12.0. The molecule has 0 aliphatic heterocycles. The molecule has 0 spiro atoms. The molecule has 5 aromatic rings. The van der Waals surface area contributed by atoms with Crippen LogP contribution in [0.15, 0.2) is 136 Å².